The highest BCUT2D eigenvalue weighted by Crippen LogP contribution is 2.65. The van der Waals surface area contributed by atoms with Crippen molar-refractivity contribution in [1.82, 2.24) is 10.6 Å². The molecule has 0 aromatic heterocycles. The first-order valence-corrected chi connectivity index (χ1v) is 14.2. The minimum atomic E-state index is -0.246. The fraction of sp³-hybridized carbons (Fsp3) is 0.667. The lowest BCUT2D eigenvalue weighted by molar-refractivity contribution is -0.135. The Morgan fingerprint density at radius 2 is 1.74 bits per heavy atom. The minimum absolute atomic E-state index is 0.0602. The van der Waals surface area contributed by atoms with Crippen LogP contribution in [0.5, 0.6) is 0 Å². The molecule has 1 aliphatic heterocycles. The van der Waals surface area contributed by atoms with Gasteiger partial charge in [0.2, 0.25) is 11.8 Å². The van der Waals surface area contributed by atoms with Gasteiger partial charge >= 0.3 is 0 Å². The molecule has 6 atom stereocenters. The van der Waals surface area contributed by atoms with Gasteiger partial charge in [0.1, 0.15) is 0 Å². The van der Waals surface area contributed by atoms with E-state index in [4.69, 9.17) is 11.6 Å². The van der Waals surface area contributed by atoms with Crippen LogP contribution in [0.2, 0.25) is 5.02 Å². The molecule has 4 fully saturated rings. The summed E-state index contributed by atoms with van der Waals surface area (Å²) in [4.78, 5) is 26.1. The molecule has 1 aromatic carbocycles. The molecule has 4 aliphatic carbocycles. The number of piperidine rings is 1. The lowest BCUT2D eigenvalue weighted by Gasteiger charge is -2.57. The van der Waals surface area contributed by atoms with Crippen molar-refractivity contribution in [3.05, 3.63) is 46.6 Å². The Morgan fingerprint density at radius 1 is 1.00 bits per heavy atom. The number of halogens is 1. The molecule has 35 heavy (non-hydrogen) atoms. The van der Waals surface area contributed by atoms with Gasteiger partial charge < -0.3 is 10.6 Å². The number of fused-ring (bicyclic) bond motifs is 5. The number of hydrogen-bond donors (Lipinski definition) is 2. The summed E-state index contributed by atoms with van der Waals surface area (Å²) < 4.78 is 0. The molecule has 1 aromatic rings. The maximum Gasteiger partial charge on any atom is 0.224 e. The monoisotopic (exact) mass is 494 g/mol. The lowest BCUT2D eigenvalue weighted by atomic mass is 9.49. The Morgan fingerprint density at radius 3 is 2.49 bits per heavy atom. The standard InChI is InChI=1S/C30H39ClN2O2/c1-28-17-13-23-21(9-12-25-29(23,2)18-14-26(34)32-25)22(28)10-11-24(28)27(35)33-30(15-3-4-16-30)19-5-7-20(31)8-6-19/h5-8,12,21-24H,3-4,9-11,13-18H2,1-2H3,(H,32,34)(H,33,35)/t21-,22-,23+,24?,28-,29+/m0/s1. The fourth-order valence-electron chi connectivity index (χ4n) is 9.18. The van der Waals surface area contributed by atoms with E-state index in [2.05, 4.69) is 42.7 Å². The third kappa shape index (κ3) is 3.61. The van der Waals surface area contributed by atoms with E-state index in [9.17, 15) is 9.59 Å². The molecular formula is C30H39ClN2O2. The van der Waals surface area contributed by atoms with Crippen LogP contribution in [0.1, 0.15) is 90.0 Å². The summed E-state index contributed by atoms with van der Waals surface area (Å²) >= 11 is 6.17. The van der Waals surface area contributed by atoms with Gasteiger partial charge in [0, 0.05) is 28.5 Å². The van der Waals surface area contributed by atoms with Crippen LogP contribution in [0.4, 0.5) is 0 Å². The number of carbonyl (C=O) groups is 2. The van der Waals surface area contributed by atoms with Gasteiger partial charge in [-0.05, 0) is 92.2 Å². The average molecular weight is 495 g/mol. The van der Waals surface area contributed by atoms with Gasteiger partial charge in [0.15, 0.2) is 0 Å². The minimum Gasteiger partial charge on any atom is -0.346 e. The highest BCUT2D eigenvalue weighted by Gasteiger charge is 2.60. The van der Waals surface area contributed by atoms with Crippen molar-refractivity contribution in [1.29, 1.82) is 0 Å². The van der Waals surface area contributed by atoms with Crippen molar-refractivity contribution in [2.45, 2.75) is 90.0 Å². The molecule has 4 nitrogen and oxygen atoms in total. The van der Waals surface area contributed by atoms with Gasteiger partial charge in [0.05, 0.1) is 5.54 Å². The molecule has 1 heterocycles. The molecule has 1 unspecified atom stereocenters. The molecule has 0 radical (unpaired) electrons. The van der Waals surface area contributed by atoms with Gasteiger partial charge in [-0.15, -0.1) is 0 Å². The summed E-state index contributed by atoms with van der Waals surface area (Å²) in [6, 6.07) is 8.12. The zero-order valence-electron chi connectivity index (χ0n) is 21.2. The van der Waals surface area contributed by atoms with Crippen LogP contribution >= 0.6 is 11.6 Å². The normalized spacial score (nSPS) is 39.6. The van der Waals surface area contributed by atoms with Gasteiger partial charge in [-0.3, -0.25) is 9.59 Å². The van der Waals surface area contributed by atoms with E-state index in [0.29, 0.717) is 24.2 Å². The van der Waals surface area contributed by atoms with E-state index in [1.807, 2.05) is 12.1 Å². The Labute approximate surface area is 214 Å². The van der Waals surface area contributed by atoms with E-state index in [1.165, 1.54) is 11.3 Å². The Bertz CT molecular complexity index is 1060. The van der Waals surface area contributed by atoms with Gasteiger partial charge in [-0.25, -0.2) is 0 Å². The predicted molar refractivity (Wildman–Crippen MR) is 138 cm³/mol. The fourth-order valence-corrected chi connectivity index (χ4v) is 9.31. The molecule has 0 bridgehead atoms. The molecule has 2 amide bonds. The topological polar surface area (TPSA) is 58.2 Å². The maximum atomic E-state index is 14.0. The van der Waals surface area contributed by atoms with E-state index in [0.717, 1.165) is 69.2 Å². The van der Waals surface area contributed by atoms with E-state index < -0.39 is 0 Å². The Hall–Kier alpha value is -1.81. The molecule has 6 rings (SSSR count). The number of amides is 2. The Kier molecular flexibility index (Phi) is 5.63. The van der Waals surface area contributed by atoms with Gasteiger partial charge in [0.25, 0.3) is 0 Å². The third-order valence-electron chi connectivity index (χ3n) is 11.1. The molecule has 2 N–H and O–H groups in total. The second kappa shape index (κ2) is 8.36. The van der Waals surface area contributed by atoms with E-state index in [1.54, 1.807) is 0 Å². The SMILES string of the molecule is C[C@]12CCC(=O)NC1=CC[C@@H]1[C@H]2CC[C@]2(C)C(C(=O)NC3(c4ccc(Cl)cc4)CCCC3)CC[C@@H]12. The van der Waals surface area contributed by atoms with Crippen LogP contribution in [0, 0.1) is 34.5 Å². The van der Waals surface area contributed by atoms with Crippen LogP contribution in [0.3, 0.4) is 0 Å². The van der Waals surface area contributed by atoms with Crippen molar-refractivity contribution in [2.24, 2.45) is 34.5 Å². The molecule has 1 saturated heterocycles. The smallest absolute Gasteiger partial charge is 0.224 e. The first-order chi connectivity index (χ1) is 16.8. The summed E-state index contributed by atoms with van der Waals surface area (Å²) in [7, 11) is 0. The highest BCUT2D eigenvalue weighted by atomic mass is 35.5. The van der Waals surface area contributed by atoms with Crippen LogP contribution < -0.4 is 10.6 Å². The number of benzene rings is 1. The number of hydrogen-bond acceptors (Lipinski definition) is 2. The summed E-state index contributed by atoms with van der Waals surface area (Å²) in [5, 5.41) is 7.56. The van der Waals surface area contributed by atoms with Crippen LogP contribution in [0.25, 0.3) is 0 Å². The summed E-state index contributed by atoms with van der Waals surface area (Å²) in [5.41, 5.74) is 2.28. The first-order valence-electron chi connectivity index (χ1n) is 13.8. The van der Waals surface area contributed by atoms with Gasteiger partial charge in [-0.2, -0.15) is 0 Å². The molecule has 5 aliphatic rings. The second-order valence-corrected chi connectivity index (χ2v) is 13.1. The van der Waals surface area contributed by atoms with Crippen LogP contribution in [-0.2, 0) is 15.1 Å². The number of rotatable bonds is 3. The maximum absolute atomic E-state index is 14.0. The average Bonchev–Trinajstić information content (AvgIpc) is 3.44. The third-order valence-corrected chi connectivity index (χ3v) is 11.4. The second-order valence-electron chi connectivity index (χ2n) is 12.7. The summed E-state index contributed by atoms with van der Waals surface area (Å²) in [5.74, 6) is 2.34. The molecule has 0 spiro atoms. The summed E-state index contributed by atoms with van der Waals surface area (Å²) in [6.07, 6.45) is 13.7. The van der Waals surface area contributed by atoms with Crippen molar-refractivity contribution in [3.8, 4) is 0 Å². The van der Waals surface area contributed by atoms with Crippen molar-refractivity contribution in [3.63, 3.8) is 0 Å². The van der Waals surface area contributed by atoms with Crippen molar-refractivity contribution < 1.29 is 9.59 Å². The van der Waals surface area contributed by atoms with E-state index in [-0.39, 0.29) is 34.1 Å². The van der Waals surface area contributed by atoms with Crippen LogP contribution in [-0.4, -0.2) is 11.8 Å². The zero-order chi connectivity index (χ0) is 24.4. The molecule has 188 valence electrons. The molecule has 3 saturated carbocycles. The zero-order valence-corrected chi connectivity index (χ0v) is 21.9. The van der Waals surface area contributed by atoms with E-state index >= 15 is 0 Å². The van der Waals surface area contributed by atoms with Crippen LogP contribution in [0.15, 0.2) is 36.0 Å². The Balaban J connectivity index is 1.24. The molecular weight excluding hydrogens is 456 g/mol. The summed E-state index contributed by atoms with van der Waals surface area (Å²) in [6.45, 7) is 4.80. The lowest BCUT2D eigenvalue weighted by Crippen LogP contribution is -2.55. The van der Waals surface area contributed by atoms with Crippen molar-refractivity contribution in [2.75, 3.05) is 0 Å². The van der Waals surface area contributed by atoms with Gasteiger partial charge in [-0.1, -0.05) is 56.5 Å². The molecule has 5 heteroatoms. The number of allylic oxidation sites excluding steroid dienone is 2. The van der Waals surface area contributed by atoms with Crippen molar-refractivity contribution >= 4 is 23.4 Å². The number of nitrogens with one attached hydrogen (secondary N) is 2. The highest BCUT2D eigenvalue weighted by molar-refractivity contribution is 6.30. The largest absolute Gasteiger partial charge is 0.346 e. The predicted octanol–water partition coefficient (Wildman–Crippen LogP) is 6.49. The number of carbonyl (C=O) groups excluding carboxylic acids is 2. The first kappa shape index (κ1) is 23.6. The quantitative estimate of drug-likeness (QED) is 0.504.